The topological polar surface area (TPSA) is 112 Å². The molecule has 0 radical (unpaired) electrons. The second kappa shape index (κ2) is 7.33. The van der Waals surface area contributed by atoms with Crippen LogP contribution in [0.15, 0.2) is 28.8 Å². The third-order valence-electron chi connectivity index (χ3n) is 4.16. The number of likely N-dealkylation sites (tertiary alicyclic amines) is 1. The quantitative estimate of drug-likeness (QED) is 0.871. The lowest BCUT2D eigenvalue weighted by molar-refractivity contribution is -0.136. The van der Waals surface area contributed by atoms with Crippen molar-refractivity contribution in [3.63, 3.8) is 0 Å². The Morgan fingerprint density at radius 3 is 3.00 bits per heavy atom. The van der Waals surface area contributed by atoms with Crippen LogP contribution < -0.4 is 10.5 Å². The van der Waals surface area contributed by atoms with Crippen LogP contribution in [-0.4, -0.2) is 46.6 Å². The summed E-state index contributed by atoms with van der Waals surface area (Å²) in [6.07, 6.45) is 1.50. The number of nitrogens with zero attached hydrogens (tertiary/aromatic N) is 3. The summed E-state index contributed by atoms with van der Waals surface area (Å²) >= 11 is 0. The maximum atomic E-state index is 12.3. The summed E-state index contributed by atoms with van der Waals surface area (Å²) in [5, 5.41) is 3.86. The van der Waals surface area contributed by atoms with Gasteiger partial charge in [-0.2, -0.15) is 4.98 Å². The molecule has 2 N–H and O–H groups in total. The minimum Gasteiger partial charge on any atom is -0.484 e. The highest BCUT2D eigenvalue weighted by atomic mass is 16.5. The lowest BCUT2D eigenvalue weighted by Gasteiger charge is -2.31. The van der Waals surface area contributed by atoms with E-state index in [1.165, 1.54) is 0 Å². The smallest absolute Gasteiger partial charge is 0.260 e. The van der Waals surface area contributed by atoms with Crippen LogP contribution >= 0.6 is 0 Å². The van der Waals surface area contributed by atoms with Gasteiger partial charge < -0.3 is 19.9 Å². The van der Waals surface area contributed by atoms with Crippen LogP contribution in [0.2, 0.25) is 0 Å². The van der Waals surface area contributed by atoms with Gasteiger partial charge in [0.25, 0.3) is 5.91 Å². The number of hydrogen-bond acceptors (Lipinski definition) is 6. The third kappa shape index (κ3) is 4.14. The zero-order chi connectivity index (χ0) is 17.8. The van der Waals surface area contributed by atoms with Crippen molar-refractivity contribution in [2.24, 2.45) is 11.7 Å². The van der Waals surface area contributed by atoms with Gasteiger partial charge >= 0.3 is 0 Å². The summed E-state index contributed by atoms with van der Waals surface area (Å²) < 4.78 is 10.6. The summed E-state index contributed by atoms with van der Waals surface area (Å²) in [5.74, 6) is 0.688. The van der Waals surface area contributed by atoms with Crippen molar-refractivity contribution in [1.29, 1.82) is 0 Å². The zero-order valence-electron chi connectivity index (χ0n) is 14.0. The van der Waals surface area contributed by atoms with Gasteiger partial charge in [0.1, 0.15) is 5.75 Å². The first-order chi connectivity index (χ1) is 12.0. The minimum absolute atomic E-state index is 0.0970. The van der Waals surface area contributed by atoms with Crippen LogP contribution in [0, 0.1) is 12.8 Å². The van der Waals surface area contributed by atoms with Crippen molar-refractivity contribution in [2.45, 2.75) is 19.8 Å². The molecule has 0 saturated carbocycles. The number of carbonyl (C=O) groups excluding carboxylic acids is 2. The lowest BCUT2D eigenvalue weighted by atomic mass is 9.97. The molecule has 1 aliphatic heterocycles. The molecule has 132 valence electrons. The van der Waals surface area contributed by atoms with Crippen LogP contribution in [-0.2, 0) is 9.59 Å². The monoisotopic (exact) mass is 344 g/mol. The third-order valence-corrected chi connectivity index (χ3v) is 4.16. The standard InChI is InChI=1S/C17H20N4O4/c1-11-19-17(20-25-11)12-4-2-6-14(8-12)24-10-15(22)21-7-3-5-13(9-21)16(18)23/h2,4,6,8,13H,3,5,7,9-10H2,1H3,(H2,18,23). The SMILES string of the molecule is Cc1nc(-c2cccc(OCC(=O)N3CCCC(C(N)=O)C3)c2)no1. The van der Waals surface area contributed by atoms with Crippen molar-refractivity contribution in [1.82, 2.24) is 15.0 Å². The van der Waals surface area contributed by atoms with Gasteiger partial charge in [0, 0.05) is 25.6 Å². The molecule has 1 saturated heterocycles. The molecule has 1 fully saturated rings. The van der Waals surface area contributed by atoms with Crippen LogP contribution in [0.25, 0.3) is 11.4 Å². The van der Waals surface area contributed by atoms with Gasteiger partial charge in [-0.15, -0.1) is 0 Å². The summed E-state index contributed by atoms with van der Waals surface area (Å²) in [5.41, 5.74) is 6.08. The molecule has 2 heterocycles. The van der Waals surface area contributed by atoms with E-state index in [1.54, 1.807) is 30.0 Å². The molecule has 8 nitrogen and oxygen atoms in total. The molecule has 1 aromatic heterocycles. The molecule has 0 bridgehead atoms. The molecule has 0 aliphatic carbocycles. The number of aromatic nitrogens is 2. The average Bonchev–Trinajstić information content (AvgIpc) is 3.06. The number of primary amides is 1. The van der Waals surface area contributed by atoms with Crippen molar-refractivity contribution in [3.05, 3.63) is 30.2 Å². The Morgan fingerprint density at radius 1 is 1.44 bits per heavy atom. The summed E-state index contributed by atoms with van der Waals surface area (Å²) in [6.45, 7) is 2.60. The second-order valence-corrected chi connectivity index (χ2v) is 6.03. The summed E-state index contributed by atoms with van der Waals surface area (Å²) in [7, 11) is 0. The highest BCUT2D eigenvalue weighted by molar-refractivity contribution is 5.81. The zero-order valence-corrected chi connectivity index (χ0v) is 14.0. The molecule has 8 heteroatoms. The Balaban J connectivity index is 1.60. The van der Waals surface area contributed by atoms with E-state index >= 15 is 0 Å². The molecule has 3 rings (SSSR count). The van der Waals surface area contributed by atoms with Crippen molar-refractivity contribution in [3.8, 4) is 17.1 Å². The normalized spacial score (nSPS) is 17.3. The van der Waals surface area contributed by atoms with Crippen molar-refractivity contribution >= 4 is 11.8 Å². The number of rotatable bonds is 5. The molecule has 2 aromatic rings. The largest absolute Gasteiger partial charge is 0.484 e. The number of aryl methyl sites for hydroxylation is 1. The number of amides is 2. The van der Waals surface area contributed by atoms with Crippen LogP contribution in [0.5, 0.6) is 5.75 Å². The molecule has 1 unspecified atom stereocenters. The summed E-state index contributed by atoms with van der Waals surface area (Å²) in [4.78, 5) is 29.4. The number of carbonyl (C=O) groups is 2. The Morgan fingerprint density at radius 2 is 2.28 bits per heavy atom. The first-order valence-corrected chi connectivity index (χ1v) is 8.13. The van der Waals surface area contributed by atoms with Gasteiger partial charge in [0.2, 0.25) is 17.6 Å². The number of nitrogens with two attached hydrogens (primary N) is 1. The molecule has 1 aliphatic rings. The van der Waals surface area contributed by atoms with Gasteiger partial charge in [-0.25, -0.2) is 0 Å². The molecule has 1 aromatic carbocycles. The van der Waals surface area contributed by atoms with Gasteiger partial charge in [-0.1, -0.05) is 17.3 Å². The summed E-state index contributed by atoms with van der Waals surface area (Å²) in [6, 6.07) is 7.14. The van der Waals surface area contributed by atoms with Crippen LogP contribution in [0.4, 0.5) is 0 Å². The van der Waals surface area contributed by atoms with E-state index in [9.17, 15) is 9.59 Å². The van der Waals surface area contributed by atoms with Crippen molar-refractivity contribution in [2.75, 3.05) is 19.7 Å². The average molecular weight is 344 g/mol. The predicted molar refractivity (Wildman–Crippen MR) is 88.5 cm³/mol. The lowest BCUT2D eigenvalue weighted by Crippen LogP contribution is -2.45. The van der Waals surface area contributed by atoms with Crippen molar-refractivity contribution < 1.29 is 18.8 Å². The van der Waals surface area contributed by atoms with E-state index in [4.69, 9.17) is 15.0 Å². The van der Waals surface area contributed by atoms with E-state index in [-0.39, 0.29) is 24.3 Å². The van der Waals surface area contributed by atoms with Crippen LogP contribution in [0.1, 0.15) is 18.7 Å². The molecule has 0 spiro atoms. The van der Waals surface area contributed by atoms with Gasteiger partial charge in [-0.05, 0) is 25.0 Å². The highest BCUT2D eigenvalue weighted by Crippen LogP contribution is 2.22. The van der Waals surface area contributed by atoms with Crippen LogP contribution in [0.3, 0.4) is 0 Å². The fourth-order valence-corrected chi connectivity index (χ4v) is 2.81. The van der Waals surface area contributed by atoms with Gasteiger partial charge in [0.05, 0.1) is 5.92 Å². The van der Waals surface area contributed by atoms with E-state index in [1.807, 2.05) is 6.07 Å². The fourth-order valence-electron chi connectivity index (χ4n) is 2.81. The van der Waals surface area contributed by atoms with Gasteiger partial charge in [0.15, 0.2) is 6.61 Å². The highest BCUT2D eigenvalue weighted by Gasteiger charge is 2.27. The molecule has 25 heavy (non-hydrogen) atoms. The van der Waals surface area contributed by atoms with E-state index < -0.39 is 0 Å². The molecular formula is C17H20N4O4. The first-order valence-electron chi connectivity index (χ1n) is 8.13. The fraction of sp³-hybridized carbons (Fsp3) is 0.412. The number of piperidine rings is 1. The first kappa shape index (κ1) is 16.9. The molecule has 1 atom stereocenters. The second-order valence-electron chi connectivity index (χ2n) is 6.03. The Bertz CT molecular complexity index is 774. The Kier molecular flexibility index (Phi) is 4.97. The molecule has 2 amide bonds. The Labute approximate surface area is 144 Å². The Hall–Kier alpha value is -2.90. The number of ether oxygens (including phenoxy) is 1. The number of hydrogen-bond donors (Lipinski definition) is 1. The van der Waals surface area contributed by atoms with Gasteiger partial charge in [-0.3, -0.25) is 9.59 Å². The van der Waals surface area contributed by atoms with E-state index in [0.29, 0.717) is 30.6 Å². The minimum atomic E-state index is -0.360. The van der Waals surface area contributed by atoms with E-state index in [2.05, 4.69) is 10.1 Å². The maximum absolute atomic E-state index is 12.3. The maximum Gasteiger partial charge on any atom is 0.260 e. The predicted octanol–water partition coefficient (Wildman–Crippen LogP) is 1.15. The van der Waals surface area contributed by atoms with E-state index in [0.717, 1.165) is 18.4 Å². The number of benzene rings is 1. The molecular weight excluding hydrogens is 324 g/mol.